The predicted octanol–water partition coefficient (Wildman–Crippen LogP) is 3.85. The zero-order valence-corrected chi connectivity index (χ0v) is 17.9. The van der Waals surface area contributed by atoms with Crippen molar-refractivity contribution in [1.82, 2.24) is 9.80 Å². The van der Waals surface area contributed by atoms with E-state index in [4.69, 9.17) is 4.42 Å². The van der Waals surface area contributed by atoms with Crippen LogP contribution < -0.4 is 5.32 Å². The van der Waals surface area contributed by atoms with Crippen molar-refractivity contribution in [3.05, 3.63) is 53.5 Å². The number of hydrogen-bond acceptors (Lipinski definition) is 4. The summed E-state index contributed by atoms with van der Waals surface area (Å²) in [5, 5.41) is 3.10. The molecule has 3 heterocycles. The van der Waals surface area contributed by atoms with E-state index >= 15 is 0 Å². The predicted molar refractivity (Wildman–Crippen MR) is 116 cm³/mol. The highest BCUT2D eigenvalue weighted by Gasteiger charge is 2.32. The first-order chi connectivity index (χ1) is 14.5. The number of hydrogen-bond donors (Lipinski definition) is 1. The molecule has 6 nitrogen and oxygen atoms in total. The van der Waals surface area contributed by atoms with E-state index in [1.54, 1.807) is 18.4 Å². The smallest absolute Gasteiger partial charge is 0.289 e. The van der Waals surface area contributed by atoms with E-state index in [-0.39, 0.29) is 17.7 Å². The van der Waals surface area contributed by atoms with Gasteiger partial charge in [0.2, 0.25) is 5.91 Å². The Labute approximate surface area is 178 Å². The summed E-state index contributed by atoms with van der Waals surface area (Å²) in [4.78, 5) is 29.5. The third-order valence-electron chi connectivity index (χ3n) is 6.67. The fourth-order valence-corrected chi connectivity index (χ4v) is 4.58. The van der Waals surface area contributed by atoms with Crippen molar-refractivity contribution in [3.8, 4) is 0 Å². The zero-order valence-electron chi connectivity index (χ0n) is 17.9. The van der Waals surface area contributed by atoms with Gasteiger partial charge >= 0.3 is 0 Å². The van der Waals surface area contributed by atoms with Gasteiger partial charge in [-0.25, -0.2) is 0 Å². The van der Waals surface area contributed by atoms with E-state index in [9.17, 15) is 9.59 Å². The summed E-state index contributed by atoms with van der Waals surface area (Å²) in [6.45, 7) is 7.56. The van der Waals surface area contributed by atoms with E-state index in [2.05, 4.69) is 30.1 Å². The number of carbonyl (C=O) groups is 2. The van der Waals surface area contributed by atoms with Crippen LogP contribution in [-0.4, -0.2) is 53.8 Å². The molecule has 6 heteroatoms. The van der Waals surface area contributed by atoms with Crippen LogP contribution >= 0.6 is 0 Å². The lowest BCUT2D eigenvalue weighted by molar-refractivity contribution is -0.121. The molecule has 30 heavy (non-hydrogen) atoms. The number of amides is 2. The average Bonchev–Trinajstić information content (AvgIpc) is 3.31. The third kappa shape index (κ3) is 4.59. The van der Waals surface area contributed by atoms with Crippen LogP contribution in [0.25, 0.3) is 0 Å². The van der Waals surface area contributed by atoms with Crippen molar-refractivity contribution in [2.75, 3.05) is 31.5 Å². The Balaban J connectivity index is 1.23. The van der Waals surface area contributed by atoms with Crippen LogP contribution in [0, 0.1) is 19.8 Å². The molecule has 1 aromatic carbocycles. The summed E-state index contributed by atoms with van der Waals surface area (Å²) in [5.41, 5.74) is 3.32. The number of carbonyl (C=O) groups excluding carboxylic acids is 2. The molecule has 2 amide bonds. The van der Waals surface area contributed by atoms with E-state index in [1.165, 1.54) is 11.1 Å². The Morgan fingerprint density at radius 2 is 1.70 bits per heavy atom. The van der Waals surface area contributed by atoms with Gasteiger partial charge in [-0.3, -0.25) is 9.59 Å². The van der Waals surface area contributed by atoms with Crippen LogP contribution in [0.15, 0.2) is 41.0 Å². The number of rotatable bonds is 4. The molecule has 0 spiro atoms. The lowest BCUT2D eigenvalue weighted by Gasteiger charge is -2.41. The lowest BCUT2D eigenvalue weighted by atomic mass is 9.92. The number of likely N-dealkylation sites (tertiary alicyclic amines) is 2. The van der Waals surface area contributed by atoms with Gasteiger partial charge in [0, 0.05) is 30.7 Å². The van der Waals surface area contributed by atoms with Gasteiger partial charge in [-0.2, -0.15) is 0 Å². The molecule has 0 unspecified atom stereocenters. The number of nitrogens with one attached hydrogen (secondary N) is 1. The quantitative estimate of drug-likeness (QED) is 0.833. The standard InChI is InChI=1S/C24H31N3O3/c1-17-5-6-20(16-18(17)2)25-23(28)19-7-11-26(12-8-19)21-9-13-27(14-10-21)24(29)22-4-3-15-30-22/h3-6,15-16,19,21H,7-14H2,1-2H3,(H,25,28). The van der Waals surface area contributed by atoms with Crippen LogP contribution in [0.2, 0.25) is 0 Å². The molecule has 2 fully saturated rings. The number of piperidine rings is 2. The first-order valence-electron chi connectivity index (χ1n) is 11.0. The average molecular weight is 410 g/mol. The number of anilines is 1. The third-order valence-corrected chi connectivity index (χ3v) is 6.67. The van der Waals surface area contributed by atoms with Crippen molar-refractivity contribution >= 4 is 17.5 Å². The number of benzene rings is 1. The highest BCUT2D eigenvalue weighted by Crippen LogP contribution is 2.26. The molecule has 160 valence electrons. The Morgan fingerprint density at radius 1 is 0.967 bits per heavy atom. The molecule has 0 atom stereocenters. The molecular formula is C24H31N3O3. The summed E-state index contributed by atoms with van der Waals surface area (Å²) >= 11 is 0. The van der Waals surface area contributed by atoms with Crippen molar-refractivity contribution in [2.24, 2.45) is 5.92 Å². The summed E-state index contributed by atoms with van der Waals surface area (Å²) in [5.74, 6) is 0.615. The van der Waals surface area contributed by atoms with Crippen LogP contribution in [0.3, 0.4) is 0 Å². The van der Waals surface area contributed by atoms with Crippen LogP contribution in [0.4, 0.5) is 5.69 Å². The minimum Gasteiger partial charge on any atom is -0.459 e. The van der Waals surface area contributed by atoms with Gasteiger partial charge in [0.05, 0.1) is 6.26 Å². The van der Waals surface area contributed by atoms with Gasteiger partial charge in [-0.05, 0) is 88.0 Å². The topological polar surface area (TPSA) is 65.8 Å². The van der Waals surface area contributed by atoms with Gasteiger partial charge in [0.15, 0.2) is 5.76 Å². The van der Waals surface area contributed by atoms with Crippen LogP contribution in [0.5, 0.6) is 0 Å². The maximum absolute atomic E-state index is 12.7. The number of aryl methyl sites for hydroxylation is 2. The maximum Gasteiger partial charge on any atom is 0.289 e. The summed E-state index contributed by atoms with van der Waals surface area (Å²) in [6, 6.07) is 10.0. The van der Waals surface area contributed by atoms with Gasteiger partial charge in [-0.15, -0.1) is 0 Å². The molecule has 0 saturated carbocycles. The van der Waals surface area contributed by atoms with Crippen LogP contribution in [-0.2, 0) is 4.79 Å². The Kier molecular flexibility index (Phi) is 6.23. The van der Waals surface area contributed by atoms with Gasteiger partial charge in [-0.1, -0.05) is 6.07 Å². The molecule has 2 saturated heterocycles. The Bertz CT molecular complexity index is 877. The number of nitrogens with zero attached hydrogens (tertiary/aromatic N) is 2. The van der Waals surface area contributed by atoms with Gasteiger partial charge in [0.25, 0.3) is 5.91 Å². The number of furan rings is 1. The van der Waals surface area contributed by atoms with E-state index in [0.717, 1.165) is 57.5 Å². The first-order valence-corrected chi connectivity index (χ1v) is 11.0. The van der Waals surface area contributed by atoms with Crippen molar-refractivity contribution in [1.29, 1.82) is 0 Å². The molecule has 0 bridgehead atoms. The second-order valence-corrected chi connectivity index (χ2v) is 8.60. The molecule has 0 aliphatic carbocycles. The molecule has 1 N–H and O–H groups in total. The summed E-state index contributed by atoms with van der Waals surface area (Å²) in [7, 11) is 0. The normalized spacial score (nSPS) is 19.1. The van der Waals surface area contributed by atoms with E-state index < -0.39 is 0 Å². The summed E-state index contributed by atoms with van der Waals surface area (Å²) < 4.78 is 5.24. The van der Waals surface area contributed by atoms with Crippen molar-refractivity contribution in [3.63, 3.8) is 0 Å². The molecular weight excluding hydrogens is 378 g/mol. The van der Waals surface area contributed by atoms with E-state index in [1.807, 2.05) is 17.0 Å². The zero-order chi connectivity index (χ0) is 21.1. The molecule has 1 aromatic heterocycles. The minimum absolute atomic E-state index is 0.0137. The molecule has 4 rings (SSSR count). The maximum atomic E-state index is 12.7. The second kappa shape index (κ2) is 9.04. The van der Waals surface area contributed by atoms with E-state index in [0.29, 0.717) is 11.8 Å². The van der Waals surface area contributed by atoms with Gasteiger partial charge < -0.3 is 19.5 Å². The molecule has 0 radical (unpaired) electrons. The molecule has 2 aliphatic rings. The van der Waals surface area contributed by atoms with Crippen molar-refractivity contribution in [2.45, 2.75) is 45.6 Å². The monoisotopic (exact) mass is 409 g/mol. The first kappa shape index (κ1) is 20.7. The fourth-order valence-electron chi connectivity index (χ4n) is 4.58. The molecule has 2 aromatic rings. The Hall–Kier alpha value is -2.60. The second-order valence-electron chi connectivity index (χ2n) is 8.60. The fraction of sp³-hybridized carbons (Fsp3) is 0.500. The molecule has 2 aliphatic heterocycles. The SMILES string of the molecule is Cc1ccc(NC(=O)C2CCN(C3CCN(C(=O)c4ccco4)CC3)CC2)cc1C. The minimum atomic E-state index is -0.0137. The van der Waals surface area contributed by atoms with Crippen molar-refractivity contribution < 1.29 is 14.0 Å². The van der Waals surface area contributed by atoms with Crippen LogP contribution in [0.1, 0.15) is 47.4 Å². The summed E-state index contributed by atoms with van der Waals surface area (Å²) in [6.07, 6.45) is 5.28. The van der Waals surface area contributed by atoms with Gasteiger partial charge in [0.1, 0.15) is 0 Å². The lowest BCUT2D eigenvalue weighted by Crippen LogP contribution is -2.49. The highest BCUT2D eigenvalue weighted by atomic mass is 16.3. The highest BCUT2D eigenvalue weighted by molar-refractivity contribution is 5.93. The largest absolute Gasteiger partial charge is 0.459 e. The Morgan fingerprint density at radius 3 is 2.33 bits per heavy atom.